The van der Waals surface area contributed by atoms with Crippen LogP contribution in [0.4, 0.5) is 0 Å². The number of carbonyl (C=O) groups excluding carboxylic acids is 1. The molecule has 23 heavy (non-hydrogen) atoms. The summed E-state index contributed by atoms with van der Waals surface area (Å²) < 4.78 is 15.9. The minimum absolute atomic E-state index is 0.327. The molecule has 0 atom stereocenters. The summed E-state index contributed by atoms with van der Waals surface area (Å²) in [5.74, 6) is 1.08. The number of halogens is 1. The minimum atomic E-state index is -0.508. The van der Waals surface area contributed by atoms with Crippen molar-refractivity contribution >= 4 is 23.6 Å². The van der Waals surface area contributed by atoms with Gasteiger partial charge in [-0.2, -0.15) is 0 Å². The largest absolute Gasteiger partial charge is 0.493 e. The molecule has 0 aliphatic heterocycles. The summed E-state index contributed by atoms with van der Waals surface area (Å²) >= 11 is 5.94. The highest BCUT2D eigenvalue weighted by molar-refractivity contribution is 6.32. The molecule has 0 aliphatic carbocycles. The predicted octanol–water partition coefficient (Wildman–Crippen LogP) is 4.37. The summed E-state index contributed by atoms with van der Waals surface area (Å²) in [6, 6.07) is 12.2. The number of para-hydroxylation sites is 1. The molecule has 0 N–H and O–H groups in total. The van der Waals surface area contributed by atoms with E-state index < -0.39 is 5.97 Å². The van der Waals surface area contributed by atoms with Gasteiger partial charge < -0.3 is 14.2 Å². The first-order chi connectivity index (χ1) is 11.1. The molecule has 0 spiro atoms. The van der Waals surface area contributed by atoms with E-state index in [0.717, 1.165) is 5.56 Å². The van der Waals surface area contributed by atoms with Crippen LogP contribution in [0.5, 0.6) is 17.2 Å². The van der Waals surface area contributed by atoms with E-state index in [1.807, 2.05) is 13.0 Å². The number of esters is 1. The van der Waals surface area contributed by atoms with Gasteiger partial charge in [-0.05, 0) is 42.8 Å². The van der Waals surface area contributed by atoms with Crippen LogP contribution in [0, 0.1) is 0 Å². The molecule has 0 saturated heterocycles. The molecule has 4 nitrogen and oxygen atoms in total. The van der Waals surface area contributed by atoms with Crippen LogP contribution >= 0.6 is 11.6 Å². The van der Waals surface area contributed by atoms with Crippen LogP contribution in [-0.2, 0) is 4.79 Å². The van der Waals surface area contributed by atoms with E-state index in [-0.39, 0.29) is 0 Å². The fourth-order valence-corrected chi connectivity index (χ4v) is 2.07. The number of rotatable bonds is 6. The highest BCUT2D eigenvalue weighted by Crippen LogP contribution is 2.28. The quantitative estimate of drug-likeness (QED) is 0.448. The van der Waals surface area contributed by atoms with Gasteiger partial charge in [-0.1, -0.05) is 29.8 Å². The van der Waals surface area contributed by atoms with Crippen molar-refractivity contribution in [3.8, 4) is 17.2 Å². The standard InChI is InChI=1S/C18H17ClO4/c1-3-22-16-10-8-13(12-17(16)21-2)9-11-18(20)23-15-7-5-4-6-14(15)19/h4-12H,3H2,1-2H3/b11-9+. The van der Waals surface area contributed by atoms with Gasteiger partial charge >= 0.3 is 5.97 Å². The zero-order chi connectivity index (χ0) is 16.7. The van der Waals surface area contributed by atoms with E-state index in [1.165, 1.54) is 6.08 Å². The molecule has 0 heterocycles. The average Bonchev–Trinajstić information content (AvgIpc) is 2.56. The second-order valence-electron chi connectivity index (χ2n) is 4.53. The number of benzene rings is 2. The molecule has 0 aliphatic rings. The number of carbonyl (C=O) groups is 1. The summed E-state index contributed by atoms with van der Waals surface area (Å²) in [7, 11) is 1.57. The fraction of sp³-hybridized carbons (Fsp3) is 0.167. The summed E-state index contributed by atoms with van der Waals surface area (Å²) in [5.41, 5.74) is 0.793. The second kappa shape index (κ2) is 8.25. The molecule has 0 fully saturated rings. The zero-order valence-corrected chi connectivity index (χ0v) is 13.7. The van der Waals surface area contributed by atoms with Crippen molar-refractivity contribution < 1.29 is 19.0 Å². The molecular weight excluding hydrogens is 316 g/mol. The van der Waals surface area contributed by atoms with Gasteiger partial charge in [0.15, 0.2) is 11.5 Å². The molecule has 120 valence electrons. The van der Waals surface area contributed by atoms with Crippen LogP contribution in [0.25, 0.3) is 6.08 Å². The van der Waals surface area contributed by atoms with Gasteiger partial charge in [0.05, 0.1) is 18.7 Å². The summed E-state index contributed by atoms with van der Waals surface area (Å²) in [6.45, 7) is 2.45. The van der Waals surface area contributed by atoms with Crippen molar-refractivity contribution in [2.45, 2.75) is 6.92 Å². The van der Waals surface area contributed by atoms with Gasteiger partial charge in [0.25, 0.3) is 0 Å². The summed E-state index contributed by atoms with van der Waals surface area (Å²) in [5, 5.41) is 0.386. The summed E-state index contributed by atoms with van der Waals surface area (Å²) in [4.78, 5) is 11.8. The van der Waals surface area contributed by atoms with E-state index in [9.17, 15) is 4.79 Å². The lowest BCUT2D eigenvalue weighted by Gasteiger charge is -2.09. The topological polar surface area (TPSA) is 44.8 Å². The van der Waals surface area contributed by atoms with Crippen molar-refractivity contribution in [3.05, 3.63) is 59.1 Å². The lowest BCUT2D eigenvalue weighted by atomic mass is 10.2. The van der Waals surface area contributed by atoms with E-state index in [2.05, 4.69) is 0 Å². The molecule has 0 saturated carbocycles. The Bertz CT molecular complexity index is 710. The first-order valence-corrected chi connectivity index (χ1v) is 7.47. The summed E-state index contributed by atoms with van der Waals surface area (Å²) in [6.07, 6.45) is 2.97. The van der Waals surface area contributed by atoms with Crippen LogP contribution in [0.1, 0.15) is 12.5 Å². The maximum absolute atomic E-state index is 11.8. The van der Waals surface area contributed by atoms with Gasteiger partial charge in [-0.15, -0.1) is 0 Å². The highest BCUT2D eigenvalue weighted by atomic mass is 35.5. The molecule has 2 aromatic carbocycles. The molecule has 2 aromatic rings. The molecule has 0 amide bonds. The van der Waals surface area contributed by atoms with Crippen LogP contribution in [0.3, 0.4) is 0 Å². The lowest BCUT2D eigenvalue weighted by Crippen LogP contribution is -2.03. The smallest absolute Gasteiger partial charge is 0.336 e. The molecule has 0 aromatic heterocycles. The van der Waals surface area contributed by atoms with Gasteiger partial charge in [0.2, 0.25) is 0 Å². The Labute approximate surface area is 140 Å². The third kappa shape index (κ3) is 4.76. The Hall–Kier alpha value is -2.46. The Morgan fingerprint density at radius 3 is 2.61 bits per heavy atom. The van der Waals surface area contributed by atoms with E-state index in [4.69, 9.17) is 25.8 Å². The third-order valence-electron chi connectivity index (χ3n) is 2.95. The van der Waals surface area contributed by atoms with Gasteiger partial charge in [0, 0.05) is 6.08 Å². The van der Waals surface area contributed by atoms with Crippen molar-refractivity contribution in [3.63, 3.8) is 0 Å². The molecule has 0 unspecified atom stereocenters. The molecular formula is C18H17ClO4. The van der Waals surface area contributed by atoms with Crippen molar-refractivity contribution in [2.24, 2.45) is 0 Å². The maximum Gasteiger partial charge on any atom is 0.336 e. The Balaban J connectivity index is 2.07. The predicted molar refractivity (Wildman–Crippen MR) is 90.3 cm³/mol. The Morgan fingerprint density at radius 1 is 1.13 bits per heavy atom. The number of hydrogen-bond acceptors (Lipinski definition) is 4. The van der Waals surface area contributed by atoms with Gasteiger partial charge in [-0.3, -0.25) is 0 Å². The Kier molecular flexibility index (Phi) is 6.06. The van der Waals surface area contributed by atoms with Crippen molar-refractivity contribution in [2.75, 3.05) is 13.7 Å². The minimum Gasteiger partial charge on any atom is -0.493 e. The van der Waals surface area contributed by atoms with E-state index >= 15 is 0 Å². The molecule has 2 rings (SSSR count). The fourth-order valence-electron chi connectivity index (χ4n) is 1.90. The van der Waals surface area contributed by atoms with Crippen LogP contribution in [0.2, 0.25) is 5.02 Å². The van der Waals surface area contributed by atoms with Crippen LogP contribution < -0.4 is 14.2 Å². The highest BCUT2D eigenvalue weighted by Gasteiger charge is 2.06. The second-order valence-corrected chi connectivity index (χ2v) is 4.94. The number of ether oxygens (including phenoxy) is 3. The third-order valence-corrected chi connectivity index (χ3v) is 3.26. The lowest BCUT2D eigenvalue weighted by molar-refractivity contribution is -0.128. The average molecular weight is 333 g/mol. The van der Waals surface area contributed by atoms with Crippen LogP contribution in [0.15, 0.2) is 48.5 Å². The molecule has 0 bridgehead atoms. The number of hydrogen-bond donors (Lipinski definition) is 0. The zero-order valence-electron chi connectivity index (χ0n) is 12.9. The molecule has 5 heteroatoms. The first-order valence-electron chi connectivity index (χ1n) is 7.09. The van der Waals surface area contributed by atoms with Gasteiger partial charge in [0.1, 0.15) is 5.75 Å². The van der Waals surface area contributed by atoms with E-state index in [0.29, 0.717) is 28.9 Å². The normalized spacial score (nSPS) is 10.6. The first kappa shape index (κ1) is 16.9. The SMILES string of the molecule is CCOc1ccc(/C=C/C(=O)Oc2ccccc2Cl)cc1OC. The number of methoxy groups -OCH3 is 1. The van der Waals surface area contributed by atoms with Crippen molar-refractivity contribution in [1.82, 2.24) is 0 Å². The van der Waals surface area contributed by atoms with E-state index in [1.54, 1.807) is 49.6 Å². The van der Waals surface area contributed by atoms with Crippen LogP contribution in [-0.4, -0.2) is 19.7 Å². The monoisotopic (exact) mass is 332 g/mol. The van der Waals surface area contributed by atoms with Gasteiger partial charge in [-0.25, -0.2) is 4.79 Å². The maximum atomic E-state index is 11.8. The van der Waals surface area contributed by atoms with Crippen molar-refractivity contribution in [1.29, 1.82) is 0 Å². The Morgan fingerprint density at radius 2 is 1.91 bits per heavy atom. The molecule has 0 radical (unpaired) electrons.